The van der Waals surface area contributed by atoms with Crippen LogP contribution in [0.3, 0.4) is 0 Å². The van der Waals surface area contributed by atoms with Gasteiger partial charge in [0, 0.05) is 12.5 Å². The van der Waals surface area contributed by atoms with Crippen LogP contribution in [0.5, 0.6) is 0 Å². The SMILES string of the molecule is COC(C)(C)c1noc(-c2cc3ccccc3o2)n1. The van der Waals surface area contributed by atoms with Gasteiger partial charge in [-0.3, -0.25) is 0 Å². The van der Waals surface area contributed by atoms with Gasteiger partial charge < -0.3 is 13.7 Å². The minimum atomic E-state index is -0.590. The largest absolute Gasteiger partial charge is 0.451 e. The molecule has 0 saturated heterocycles. The van der Waals surface area contributed by atoms with E-state index >= 15 is 0 Å². The van der Waals surface area contributed by atoms with Gasteiger partial charge >= 0.3 is 0 Å². The highest BCUT2D eigenvalue weighted by molar-refractivity contribution is 5.81. The van der Waals surface area contributed by atoms with Gasteiger partial charge in [-0.25, -0.2) is 0 Å². The number of aromatic nitrogens is 2. The molecule has 0 unspecified atom stereocenters. The molecule has 1 aromatic carbocycles. The number of benzene rings is 1. The number of nitrogens with zero attached hydrogens (tertiary/aromatic N) is 2. The summed E-state index contributed by atoms with van der Waals surface area (Å²) < 4.78 is 16.2. The van der Waals surface area contributed by atoms with E-state index in [0.29, 0.717) is 17.5 Å². The van der Waals surface area contributed by atoms with Crippen molar-refractivity contribution >= 4 is 11.0 Å². The van der Waals surface area contributed by atoms with Crippen LogP contribution in [-0.4, -0.2) is 17.3 Å². The minimum absolute atomic E-state index is 0.358. The second-order valence-corrected chi connectivity index (χ2v) is 4.79. The Bertz CT molecular complexity index is 679. The summed E-state index contributed by atoms with van der Waals surface area (Å²) in [5, 5.41) is 4.94. The molecule has 0 amide bonds. The lowest BCUT2D eigenvalue weighted by Crippen LogP contribution is -2.21. The quantitative estimate of drug-likeness (QED) is 0.720. The van der Waals surface area contributed by atoms with Crippen LogP contribution >= 0.6 is 0 Å². The lowest BCUT2D eigenvalue weighted by Gasteiger charge is -2.17. The standard InChI is InChI=1S/C14H14N2O3/c1-14(2,17-3)13-15-12(19-16-13)11-8-9-6-4-5-7-10(9)18-11/h4-8H,1-3H3. The van der Waals surface area contributed by atoms with Gasteiger partial charge in [0.15, 0.2) is 5.76 Å². The molecule has 0 fully saturated rings. The molecule has 3 aromatic rings. The molecule has 3 rings (SSSR count). The van der Waals surface area contributed by atoms with E-state index < -0.39 is 5.60 Å². The highest BCUT2D eigenvalue weighted by Crippen LogP contribution is 2.28. The normalized spacial score (nSPS) is 12.2. The third-order valence-corrected chi connectivity index (χ3v) is 3.11. The van der Waals surface area contributed by atoms with Crippen LogP contribution in [0.15, 0.2) is 39.3 Å². The summed E-state index contributed by atoms with van der Waals surface area (Å²) in [6.45, 7) is 3.75. The number of para-hydroxylation sites is 1. The highest BCUT2D eigenvalue weighted by atomic mass is 16.5. The average molecular weight is 258 g/mol. The number of furan rings is 1. The van der Waals surface area contributed by atoms with E-state index in [1.54, 1.807) is 7.11 Å². The Kier molecular flexibility index (Phi) is 2.64. The first-order chi connectivity index (χ1) is 9.10. The van der Waals surface area contributed by atoms with Gasteiger partial charge in [-0.15, -0.1) is 0 Å². The van der Waals surface area contributed by atoms with Gasteiger partial charge in [0.25, 0.3) is 5.89 Å². The Morgan fingerprint density at radius 1 is 1.21 bits per heavy atom. The van der Waals surface area contributed by atoms with Crippen molar-refractivity contribution in [3.8, 4) is 11.7 Å². The fourth-order valence-electron chi connectivity index (χ4n) is 1.75. The molecule has 0 radical (unpaired) electrons. The zero-order valence-electron chi connectivity index (χ0n) is 11.0. The molecule has 0 spiro atoms. The smallest absolute Gasteiger partial charge is 0.293 e. The molecule has 0 bridgehead atoms. The predicted octanol–water partition coefficient (Wildman–Crippen LogP) is 3.36. The second kappa shape index (κ2) is 4.20. The maximum atomic E-state index is 5.68. The number of fused-ring (bicyclic) bond motifs is 1. The minimum Gasteiger partial charge on any atom is -0.451 e. The second-order valence-electron chi connectivity index (χ2n) is 4.79. The van der Waals surface area contributed by atoms with E-state index in [1.807, 2.05) is 44.2 Å². The Labute approximate surface area is 110 Å². The predicted molar refractivity (Wildman–Crippen MR) is 69.5 cm³/mol. The van der Waals surface area contributed by atoms with E-state index in [2.05, 4.69) is 10.1 Å². The molecule has 98 valence electrons. The molecule has 2 heterocycles. The van der Waals surface area contributed by atoms with Crippen molar-refractivity contribution in [3.63, 3.8) is 0 Å². The van der Waals surface area contributed by atoms with Crippen molar-refractivity contribution in [1.29, 1.82) is 0 Å². The average Bonchev–Trinajstić information content (AvgIpc) is 3.05. The summed E-state index contributed by atoms with van der Waals surface area (Å²) in [4.78, 5) is 4.32. The molecule has 0 aliphatic heterocycles. The van der Waals surface area contributed by atoms with Gasteiger partial charge in [-0.1, -0.05) is 23.4 Å². The van der Waals surface area contributed by atoms with Gasteiger partial charge in [-0.05, 0) is 26.0 Å². The van der Waals surface area contributed by atoms with Crippen LogP contribution in [0.1, 0.15) is 19.7 Å². The molecular weight excluding hydrogens is 244 g/mol. The van der Waals surface area contributed by atoms with Gasteiger partial charge in [0.05, 0.1) is 0 Å². The zero-order valence-corrected chi connectivity index (χ0v) is 11.0. The monoisotopic (exact) mass is 258 g/mol. The number of rotatable bonds is 3. The molecule has 2 aromatic heterocycles. The summed E-state index contributed by atoms with van der Waals surface area (Å²) in [6, 6.07) is 9.62. The lowest BCUT2D eigenvalue weighted by molar-refractivity contribution is 0.00973. The summed E-state index contributed by atoms with van der Waals surface area (Å²) in [6.07, 6.45) is 0. The van der Waals surface area contributed by atoms with Crippen molar-refractivity contribution in [3.05, 3.63) is 36.2 Å². The highest BCUT2D eigenvalue weighted by Gasteiger charge is 2.27. The van der Waals surface area contributed by atoms with Crippen LogP contribution in [-0.2, 0) is 10.3 Å². The van der Waals surface area contributed by atoms with E-state index in [-0.39, 0.29) is 0 Å². The van der Waals surface area contributed by atoms with Crippen LogP contribution in [0, 0.1) is 0 Å². The Morgan fingerprint density at radius 2 is 2.00 bits per heavy atom. The van der Waals surface area contributed by atoms with Crippen LogP contribution in [0.25, 0.3) is 22.6 Å². The molecule has 0 aliphatic carbocycles. The summed E-state index contributed by atoms with van der Waals surface area (Å²) >= 11 is 0. The van der Waals surface area contributed by atoms with Crippen molar-refractivity contribution in [2.75, 3.05) is 7.11 Å². The molecular formula is C14H14N2O3. The van der Waals surface area contributed by atoms with Gasteiger partial charge in [-0.2, -0.15) is 4.98 Å². The molecule has 5 nitrogen and oxygen atoms in total. The van der Waals surface area contributed by atoms with Crippen molar-refractivity contribution in [2.45, 2.75) is 19.4 Å². The number of ether oxygens (including phenoxy) is 1. The number of hydrogen-bond donors (Lipinski definition) is 0. The molecule has 0 atom stereocenters. The summed E-state index contributed by atoms with van der Waals surface area (Å²) in [7, 11) is 1.61. The fraction of sp³-hybridized carbons (Fsp3) is 0.286. The molecule has 5 heteroatoms. The Balaban J connectivity index is 2.03. The van der Waals surface area contributed by atoms with E-state index in [0.717, 1.165) is 11.0 Å². The van der Waals surface area contributed by atoms with E-state index in [4.69, 9.17) is 13.7 Å². The first-order valence-corrected chi connectivity index (χ1v) is 5.98. The zero-order chi connectivity index (χ0) is 13.5. The first kappa shape index (κ1) is 11.9. The van der Waals surface area contributed by atoms with Crippen molar-refractivity contribution in [1.82, 2.24) is 10.1 Å². The fourth-order valence-corrected chi connectivity index (χ4v) is 1.75. The molecule has 0 N–H and O–H groups in total. The van der Waals surface area contributed by atoms with Gasteiger partial charge in [0.2, 0.25) is 5.82 Å². The summed E-state index contributed by atoms with van der Waals surface area (Å²) in [5.74, 6) is 1.41. The van der Waals surface area contributed by atoms with E-state index in [1.165, 1.54) is 0 Å². The van der Waals surface area contributed by atoms with Gasteiger partial charge in [0.1, 0.15) is 11.2 Å². The Morgan fingerprint density at radius 3 is 2.74 bits per heavy atom. The van der Waals surface area contributed by atoms with Crippen molar-refractivity contribution < 1.29 is 13.7 Å². The Hall–Kier alpha value is -2.14. The maximum absolute atomic E-state index is 5.68. The number of hydrogen-bond acceptors (Lipinski definition) is 5. The van der Waals surface area contributed by atoms with Crippen molar-refractivity contribution in [2.24, 2.45) is 0 Å². The summed E-state index contributed by atoms with van der Waals surface area (Å²) in [5.41, 5.74) is 0.205. The molecule has 0 aliphatic rings. The topological polar surface area (TPSA) is 61.3 Å². The van der Waals surface area contributed by atoms with E-state index in [9.17, 15) is 0 Å². The molecule has 19 heavy (non-hydrogen) atoms. The maximum Gasteiger partial charge on any atom is 0.293 e. The third-order valence-electron chi connectivity index (χ3n) is 3.11. The van der Waals surface area contributed by atoms with Crippen LogP contribution in [0.4, 0.5) is 0 Å². The molecule has 0 saturated carbocycles. The third kappa shape index (κ3) is 2.02. The number of methoxy groups -OCH3 is 1. The lowest BCUT2D eigenvalue weighted by atomic mass is 10.1. The van der Waals surface area contributed by atoms with Crippen LogP contribution in [0.2, 0.25) is 0 Å². The van der Waals surface area contributed by atoms with Crippen LogP contribution < -0.4 is 0 Å². The first-order valence-electron chi connectivity index (χ1n) is 5.98.